The number of nitrogens with one attached hydrogen (secondary N) is 1. The normalized spacial score (nSPS) is 18.5. The molecule has 206 valence electrons. The van der Waals surface area contributed by atoms with Crippen molar-refractivity contribution in [2.24, 2.45) is 0 Å². The SMILES string of the molecule is COCCN(CCOC)C(=O)C1(C(=O)O)Oc2cc3c(c(NCC(O)c4cccc(Cl)c4)c2O1)CCCC3. The van der Waals surface area contributed by atoms with Crippen LogP contribution in [0.3, 0.4) is 0 Å². The summed E-state index contributed by atoms with van der Waals surface area (Å²) in [7, 11) is 2.98. The van der Waals surface area contributed by atoms with Crippen LogP contribution in [-0.4, -0.2) is 79.8 Å². The van der Waals surface area contributed by atoms with Crippen LogP contribution in [0.4, 0.5) is 5.69 Å². The molecule has 1 heterocycles. The molecular weight excluding hydrogens is 516 g/mol. The predicted octanol–water partition coefficient (Wildman–Crippen LogP) is 3.04. The van der Waals surface area contributed by atoms with Crippen LogP contribution in [0.5, 0.6) is 11.5 Å². The fraction of sp³-hybridized carbons (Fsp3) is 0.481. The highest BCUT2D eigenvalue weighted by Gasteiger charge is 2.59. The Balaban J connectivity index is 1.67. The van der Waals surface area contributed by atoms with E-state index >= 15 is 0 Å². The molecule has 0 spiro atoms. The Morgan fingerprint density at radius 1 is 1.13 bits per heavy atom. The number of nitrogens with zero attached hydrogens (tertiary/aromatic N) is 1. The summed E-state index contributed by atoms with van der Waals surface area (Å²) in [6, 6.07) is 8.69. The highest BCUT2D eigenvalue weighted by atomic mass is 35.5. The molecule has 0 bridgehead atoms. The van der Waals surface area contributed by atoms with Crippen molar-refractivity contribution in [1.29, 1.82) is 0 Å². The van der Waals surface area contributed by atoms with Gasteiger partial charge in [0, 0.05) is 38.9 Å². The average Bonchev–Trinajstić information content (AvgIpc) is 3.31. The third kappa shape index (κ3) is 5.68. The molecule has 0 radical (unpaired) electrons. The summed E-state index contributed by atoms with van der Waals surface area (Å²) in [4.78, 5) is 27.5. The number of methoxy groups -OCH3 is 2. The second kappa shape index (κ2) is 12.2. The number of benzene rings is 2. The van der Waals surface area contributed by atoms with Crippen molar-refractivity contribution in [2.45, 2.75) is 37.6 Å². The van der Waals surface area contributed by atoms with Crippen LogP contribution >= 0.6 is 11.6 Å². The number of amides is 1. The zero-order chi connectivity index (χ0) is 27.3. The standard InChI is InChI=1S/C27H33ClN2O8/c1-35-12-10-30(11-13-36-2)25(32)27(26(33)34)37-22-15-17-6-3-4-9-20(17)23(24(22)38-27)29-16-21(31)18-7-5-8-19(28)14-18/h5,7-8,14-15,21,29,31H,3-4,6,9-13,16H2,1-2H3,(H,33,34). The Kier molecular flexibility index (Phi) is 8.99. The molecule has 10 nitrogen and oxygen atoms in total. The summed E-state index contributed by atoms with van der Waals surface area (Å²) in [5.74, 6) is -4.73. The lowest BCUT2D eigenvalue weighted by atomic mass is 9.89. The van der Waals surface area contributed by atoms with Crippen LogP contribution in [0.1, 0.15) is 35.6 Å². The van der Waals surface area contributed by atoms with Crippen LogP contribution in [-0.2, 0) is 31.9 Å². The lowest BCUT2D eigenvalue weighted by Crippen LogP contribution is -2.60. The fourth-order valence-corrected chi connectivity index (χ4v) is 4.96. The van der Waals surface area contributed by atoms with E-state index in [9.17, 15) is 19.8 Å². The number of hydrogen-bond acceptors (Lipinski definition) is 8. The first kappa shape index (κ1) is 28.0. The van der Waals surface area contributed by atoms with Crippen molar-refractivity contribution in [2.75, 3.05) is 52.4 Å². The van der Waals surface area contributed by atoms with E-state index in [2.05, 4.69) is 5.32 Å². The third-order valence-electron chi connectivity index (χ3n) is 6.75. The average molecular weight is 549 g/mol. The molecule has 0 aromatic heterocycles. The van der Waals surface area contributed by atoms with E-state index in [4.69, 9.17) is 30.5 Å². The van der Waals surface area contributed by atoms with Gasteiger partial charge in [0.1, 0.15) is 0 Å². The van der Waals surface area contributed by atoms with E-state index in [0.29, 0.717) is 16.3 Å². The number of halogens is 1. The van der Waals surface area contributed by atoms with Crippen molar-refractivity contribution in [1.82, 2.24) is 4.90 Å². The third-order valence-corrected chi connectivity index (χ3v) is 6.99. The van der Waals surface area contributed by atoms with Crippen LogP contribution in [0.2, 0.25) is 5.02 Å². The molecule has 2 aromatic rings. The molecule has 4 rings (SSSR count). The molecule has 2 aliphatic rings. The smallest absolute Gasteiger partial charge is 0.434 e. The Morgan fingerprint density at radius 3 is 2.50 bits per heavy atom. The van der Waals surface area contributed by atoms with E-state index in [1.807, 2.05) is 0 Å². The zero-order valence-corrected chi connectivity index (χ0v) is 22.3. The minimum atomic E-state index is -2.60. The second-order valence-electron chi connectivity index (χ2n) is 9.28. The number of carbonyl (C=O) groups excluding carboxylic acids is 1. The molecule has 0 fully saturated rings. The number of carboxylic acid groups (broad SMARTS) is 1. The quantitative estimate of drug-likeness (QED) is 0.343. The molecule has 1 aliphatic carbocycles. The maximum atomic E-state index is 13.6. The van der Waals surface area contributed by atoms with E-state index in [0.717, 1.165) is 36.8 Å². The highest BCUT2D eigenvalue weighted by Crippen LogP contribution is 2.50. The van der Waals surface area contributed by atoms with Gasteiger partial charge in [-0.2, -0.15) is 0 Å². The van der Waals surface area contributed by atoms with Gasteiger partial charge in [-0.3, -0.25) is 4.79 Å². The Morgan fingerprint density at radius 2 is 1.84 bits per heavy atom. The minimum absolute atomic E-state index is 0.106. The summed E-state index contributed by atoms with van der Waals surface area (Å²) in [6.45, 7) is 0.754. The predicted molar refractivity (Wildman–Crippen MR) is 140 cm³/mol. The number of aliphatic carboxylic acids is 1. The Hall–Kier alpha value is -3.05. The molecule has 2 aromatic carbocycles. The van der Waals surface area contributed by atoms with Gasteiger partial charge >= 0.3 is 17.7 Å². The van der Waals surface area contributed by atoms with Gasteiger partial charge in [0.25, 0.3) is 0 Å². The zero-order valence-electron chi connectivity index (χ0n) is 21.5. The molecule has 2 unspecified atom stereocenters. The van der Waals surface area contributed by atoms with Crippen LogP contribution in [0.25, 0.3) is 0 Å². The van der Waals surface area contributed by atoms with Gasteiger partial charge in [0.05, 0.1) is 25.0 Å². The van der Waals surface area contributed by atoms with Crippen molar-refractivity contribution < 1.29 is 38.7 Å². The summed E-state index contributed by atoms with van der Waals surface area (Å²) < 4.78 is 22.0. The van der Waals surface area contributed by atoms with Crippen molar-refractivity contribution in [3.05, 3.63) is 52.0 Å². The van der Waals surface area contributed by atoms with E-state index in [-0.39, 0.29) is 44.3 Å². The molecule has 0 saturated carbocycles. The van der Waals surface area contributed by atoms with Gasteiger partial charge in [-0.25, -0.2) is 4.79 Å². The van der Waals surface area contributed by atoms with Crippen molar-refractivity contribution in [3.8, 4) is 11.5 Å². The number of rotatable bonds is 12. The number of hydrogen-bond donors (Lipinski definition) is 3. The maximum absolute atomic E-state index is 13.6. The lowest BCUT2D eigenvalue weighted by Gasteiger charge is -2.29. The molecule has 0 saturated heterocycles. The minimum Gasteiger partial charge on any atom is -0.475 e. The molecule has 3 N–H and O–H groups in total. The summed E-state index contributed by atoms with van der Waals surface area (Å²) in [5, 5.41) is 24.8. The molecular formula is C27H33ClN2O8. The number of carbonyl (C=O) groups is 2. The highest BCUT2D eigenvalue weighted by molar-refractivity contribution is 6.30. The summed E-state index contributed by atoms with van der Waals surface area (Å²) >= 11 is 6.08. The molecule has 2 atom stereocenters. The first-order valence-electron chi connectivity index (χ1n) is 12.6. The second-order valence-corrected chi connectivity index (χ2v) is 9.72. The number of aliphatic hydroxyl groups excluding tert-OH is 1. The van der Waals surface area contributed by atoms with E-state index in [1.165, 1.54) is 19.1 Å². The fourth-order valence-electron chi connectivity index (χ4n) is 4.76. The van der Waals surface area contributed by atoms with E-state index in [1.54, 1.807) is 30.3 Å². The number of aliphatic hydroxyl groups is 1. The molecule has 11 heteroatoms. The van der Waals surface area contributed by atoms with Crippen molar-refractivity contribution >= 4 is 29.2 Å². The Bertz CT molecular complexity index is 1170. The largest absolute Gasteiger partial charge is 0.475 e. The summed E-state index contributed by atoms with van der Waals surface area (Å²) in [5.41, 5.74) is 3.10. The first-order chi connectivity index (χ1) is 18.3. The van der Waals surface area contributed by atoms with Gasteiger partial charge in [-0.1, -0.05) is 23.7 Å². The Labute approximate surface area is 226 Å². The number of ether oxygens (including phenoxy) is 4. The van der Waals surface area contributed by atoms with Crippen LogP contribution < -0.4 is 14.8 Å². The summed E-state index contributed by atoms with van der Waals surface area (Å²) in [6.07, 6.45) is 2.55. The monoisotopic (exact) mass is 548 g/mol. The molecule has 1 amide bonds. The van der Waals surface area contributed by atoms with Crippen LogP contribution in [0.15, 0.2) is 30.3 Å². The van der Waals surface area contributed by atoms with Gasteiger partial charge < -0.3 is 39.4 Å². The number of aryl methyl sites for hydroxylation is 1. The topological polar surface area (TPSA) is 127 Å². The van der Waals surface area contributed by atoms with Crippen LogP contribution in [0, 0.1) is 0 Å². The van der Waals surface area contributed by atoms with Gasteiger partial charge in [-0.15, -0.1) is 0 Å². The molecule has 1 aliphatic heterocycles. The lowest BCUT2D eigenvalue weighted by molar-refractivity contribution is -0.190. The van der Waals surface area contributed by atoms with Gasteiger partial charge in [0.2, 0.25) is 0 Å². The van der Waals surface area contributed by atoms with E-state index < -0.39 is 23.8 Å². The number of fused-ring (bicyclic) bond motifs is 2. The van der Waals surface area contributed by atoms with Gasteiger partial charge in [0.15, 0.2) is 11.5 Å². The maximum Gasteiger partial charge on any atom is 0.434 e. The van der Waals surface area contributed by atoms with Gasteiger partial charge in [-0.05, 0) is 60.6 Å². The molecule has 38 heavy (non-hydrogen) atoms. The number of anilines is 1. The van der Waals surface area contributed by atoms with Crippen molar-refractivity contribution in [3.63, 3.8) is 0 Å². The first-order valence-corrected chi connectivity index (χ1v) is 12.9. The number of carboxylic acids is 1.